The van der Waals surface area contributed by atoms with Gasteiger partial charge in [0.2, 0.25) is 0 Å². The first-order chi connectivity index (χ1) is 14.0. The van der Waals surface area contributed by atoms with Crippen LogP contribution in [0, 0.1) is 10.1 Å². The van der Waals surface area contributed by atoms with E-state index in [0.717, 1.165) is 11.3 Å². The molecule has 0 amide bonds. The Labute approximate surface area is 165 Å². The third-order valence-electron chi connectivity index (χ3n) is 4.51. The summed E-state index contributed by atoms with van der Waals surface area (Å²) in [7, 11) is 1.59. The molecule has 4 rings (SSSR count). The number of nitro benzene ring substituents is 1. The standard InChI is InChI=1S/C20H17N3O6/c1-27-14-8-6-13(7-9-14)16-10-18-20(24)29-15(11-22(18)21-16)12-28-19-5-3-2-4-17(19)23(25)26/h2-10,15H,11-12H2,1H3. The van der Waals surface area contributed by atoms with Crippen LogP contribution >= 0.6 is 0 Å². The molecule has 0 bridgehead atoms. The van der Waals surface area contributed by atoms with Crippen LogP contribution < -0.4 is 9.47 Å². The van der Waals surface area contributed by atoms with Gasteiger partial charge >= 0.3 is 11.7 Å². The van der Waals surface area contributed by atoms with Crippen molar-refractivity contribution in [1.29, 1.82) is 0 Å². The molecule has 1 aliphatic rings. The van der Waals surface area contributed by atoms with Crippen molar-refractivity contribution in [2.75, 3.05) is 13.7 Å². The Kier molecular flexibility index (Phi) is 4.86. The Morgan fingerprint density at radius 2 is 2.00 bits per heavy atom. The number of benzene rings is 2. The van der Waals surface area contributed by atoms with Gasteiger partial charge in [-0.2, -0.15) is 5.10 Å². The van der Waals surface area contributed by atoms with Gasteiger partial charge in [0.1, 0.15) is 18.1 Å². The predicted octanol–water partition coefficient (Wildman–Crippen LogP) is 3.08. The van der Waals surface area contributed by atoms with Crippen LogP contribution in [0.15, 0.2) is 54.6 Å². The van der Waals surface area contributed by atoms with Crippen molar-refractivity contribution < 1.29 is 23.9 Å². The van der Waals surface area contributed by atoms with E-state index in [1.807, 2.05) is 24.3 Å². The summed E-state index contributed by atoms with van der Waals surface area (Å²) in [6, 6.07) is 15.1. The van der Waals surface area contributed by atoms with Crippen molar-refractivity contribution in [1.82, 2.24) is 9.78 Å². The molecule has 1 aromatic heterocycles. The van der Waals surface area contributed by atoms with E-state index in [1.165, 1.54) is 12.1 Å². The molecule has 1 unspecified atom stereocenters. The summed E-state index contributed by atoms with van der Waals surface area (Å²) in [4.78, 5) is 22.9. The van der Waals surface area contributed by atoms with Gasteiger partial charge in [0, 0.05) is 11.6 Å². The predicted molar refractivity (Wildman–Crippen MR) is 102 cm³/mol. The number of carbonyl (C=O) groups is 1. The number of cyclic esters (lactones) is 1. The van der Waals surface area contributed by atoms with E-state index >= 15 is 0 Å². The summed E-state index contributed by atoms with van der Waals surface area (Å²) >= 11 is 0. The van der Waals surface area contributed by atoms with Crippen molar-refractivity contribution in [3.63, 3.8) is 0 Å². The van der Waals surface area contributed by atoms with E-state index in [1.54, 1.807) is 30.0 Å². The largest absolute Gasteiger partial charge is 0.497 e. The first kappa shape index (κ1) is 18.5. The average Bonchev–Trinajstić information content (AvgIpc) is 3.17. The Hall–Kier alpha value is -3.88. The summed E-state index contributed by atoms with van der Waals surface area (Å²) in [5.74, 6) is 0.336. The Balaban J connectivity index is 1.49. The molecule has 9 heteroatoms. The molecule has 1 aliphatic heterocycles. The molecule has 3 aromatic rings. The number of hydrogen-bond donors (Lipinski definition) is 0. The van der Waals surface area contributed by atoms with Gasteiger partial charge in [0.05, 0.1) is 24.3 Å². The molecule has 0 spiro atoms. The van der Waals surface area contributed by atoms with E-state index in [-0.39, 0.29) is 24.6 Å². The summed E-state index contributed by atoms with van der Waals surface area (Å²) in [5, 5.41) is 15.6. The number of esters is 1. The van der Waals surface area contributed by atoms with Crippen LogP contribution in [-0.2, 0) is 11.3 Å². The molecule has 2 heterocycles. The fourth-order valence-electron chi connectivity index (χ4n) is 3.06. The van der Waals surface area contributed by atoms with E-state index in [9.17, 15) is 14.9 Å². The van der Waals surface area contributed by atoms with Gasteiger partial charge in [-0.05, 0) is 36.4 Å². The van der Waals surface area contributed by atoms with Crippen LogP contribution in [0.3, 0.4) is 0 Å². The zero-order chi connectivity index (χ0) is 20.4. The Bertz CT molecular complexity index is 1060. The molecule has 148 valence electrons. The zero-order valence-corrected chi connectivity index (χ0v) is 15.5. The summed E-state index contributed by atoms with van der Waals surface area (Å²) in [6.07, 6.45) is -0.613. The molecule has 0 fully saturated rings. The maximum Gasteiger partial charge on any atom is 0.357 e. The second kappa shape index (κ2) is 7.63. The highest BCUT2D eigenvalue weighted by atomic mass is 16.6. The van der Waals surface area contributed by atoms with Gasteiger partial charge in [-0.25, -0.2) is 4.79 Å². The minimum atomic E-state index is -0.613. The number of rotatable bonds is 6. The fraction of sp³-hybridized carbons (Fsp3) is 0.200. The highest BCUT2D eigenvalue weighted by Crippen LogP contribution is 2.28. The quantitative estimate of drug-likeness (QED) is 0.359. The molecule has 0 saturated carbocycles. The minimum Gasteiger partial charge on any atom is -0.497 e. The third-order valence-corrected chi connectivity index (χ3v) is 4.51. The lowest BCUT2D eigenvalue weighted by Crippen LogP contribution is -2.36. The summed E-state index contributed by atoms with van der Waals surface area (Å²) in [5.41, 5.74) is 1.68. The summed E-state index contributed by atoms with van der Waals surface area (Å²) in [6.45, 7) is 0.269. The average molecular weight is 395 g/mol. The molecule has 29 heavy (non-hydrogen) atoms. The zero-order valence-electron chi connectivity index (χ0n) is 15.5. The van der Waals surface area contributed by atoms with Crippen molar-refractivity contribution >= 4 is 11.7 Å². The number of nitro groups is 1. The number of fused-ring (bicyclic) bond motifs is 1. The molecule has 2 aromatic carbocycles. The lowest BCUT2D eigenvalue weighted by Gasteiger charge is -2.23. The van der Waals surface area contributed by atoms with Crippen LogP contribution in [0.4, 0.5) is 5.69 Å². The van der Waals surface area contributed by atoms with E-state index in [0.29, 0.717) is 11.4 Å². The number of ether oxygens (including phenoxy) is 3. The highest BCUT2D eigenvalue weighted by Gasteiger charge is 2.29. The lowest BCUT2D eigenvalue weighted by molar-refractivity contribution is -0.385. The van der Waals surface area contributed by atoms with E-state index in [2.05, 4.69) is 5.10 Å². The van der Waals surface area contributed by atoms with Crippen LogP contribution in [0.5, 0.6) is 11.5 Å². The Morgan fingerprint density at radius 1 is 1.24 bits per heavy atom. The van der Waals surface area contributed by atoms with Crippen molar-refractivity contribution in [3.05, 3.63) is 70.4 Å². The number of methoxy groups -OCH3 is 1. The van der Waals surface area contributed by atoms with E-state index < -0.39 is 17.0 Å². The van der Waals surface area contributed by atoms with Gasteiger partial charge < -0.3 is 14.2 Å². The number of para-hydroxylation sites is 2. The van der Waals surface area contributed by atoms with Crippen molar-refractivity contribution in [2.45, 2.75) is 12.6 Å². The van der Waals surface area contributed by atoms with Gasteiger partial charge in [-0.1, -0.05) is 12.1 Å². The third kappa shape index (κ3) is 3.75. The number of nitrogens with zero attached hydrogens (tertiary/aromatic N) is 3. The number of aromatic nitrogens is 2. The van der Waals surface area contributed by atoms with Gasteiger partial charge in [0.15, 0.2) is 11.9 Å². The van der Waals surface area contributed by atoms with Crippen LogP contribution in [0.25, 0.3) is 11.3 Å². The summed E-state index contributed by atoms with van der Waals surface area (Å²) < 4.78 is 17.7. The smallest absolute Gasteiger partial charge is 0.357 e. The number of carbonyl (C=O) groups excluding carboxylic acids is 1. The van der Waals surface area contributed by atoms with Gasteiger partial charge in [-0.15, -0.1) is 0 Å². The second-order valence-electron chi connectivity index (χ2n) is 6.39. The normalized spacial score (nSPS) is 15.3. The molecular weight excluding hydrogens is 378 g/mol. The maximum absolute atomic E-state index is 12.4. The molecule has 0 radical (unpaired) electrons. The fourth-order valence-corrected chi connectivity index (χ4v) is 3.06. The molecular formula is C20H17N3O6. The van der Waals surface area contributed by atoms with Gasteiger partial charge in [-0.3, -0.25) is 14.8 Å². The minimum absolute atomic E-state index is 0.0201. The molecule has 0 aliphatic carbocycles. The monoisotopic (exact) mass is 395 g/mol. The highest BCUT2D eigenvalue weighted by molar-refractivity contribution is 5.89. The second-order valence-corrected chi connectivity index (χ2v) is 6.39. The Morgan fingerprint density at radius 3 is 2.72 bits per heavy atom. The van der Waals surface area contributed by atoms with Crippen LogP contribution in [0.2, 0.25) is 0 Å². The first-order valence-corrected chi connectivity index (χ1v) is 8.84. The van der Waals surface area contributed by atoms with E-state index in [4.69, 9.17) is 14.2 Å². The SMILES string of the molecule is COc1ccc(-c2cc3n(n2)CC(COc2ccccc2[N+](=O)[O-])OC3=O)cc1. The molecule has 1 atom stereocenters. The van der Waals surface area contributed by atoms with Gasteiger partial charge in [0.25, 0.3) is 0 Å². The van der Waals surface area contributed by atoms with Crippen LogP contribution in [-0.4, -0.2) is 40.5 Å². The van der Waals surface area contributed by atoms with Crippen molar-refractivity contribution in [3.8, 4) is 22.8 Å². The van der Waals surface area contributed by atoms with Crippen LogP contribution in [0.1, 0.15) is 10.5 Å². The number of hydrogen-bond acceptors (Lipinski definition) is 7. The topological polar surface area (TPSA) is 106 Å². The van der Waals surface area contributed by atoms with Crippen molar-refractivity contribution in [2.24, 2.45) is 0 Å². The molecule has 9 nitrogen and oxygen atoms in total. The molecule has 0 saturated heterocycles. The first-order valence-electron chi connectivity index (χ1n) is 8.84. The maximum atomic E-state index is 12.4. The molecule has 0 N–H and O–H groups in total. The lowest BCUT2D eigenvalue weighted by atomic mass is 10.1.